The van der Waals surface area contributed by atoms with Crippen LogP contribution < -0.4 is 10.7 Å². The molecule has 0 spiro atoms. The minimum absolute atomic E-state index is 0.0346. The maximum absolute atomic E-state index is 10.8. The molecule has 8 heteroatoms. The lowest BCUT2D eigenvalue weighted by atomic mass is 9.86. The van der Waals surface area contributed by atoms with E-state index >= 15 is 0 Å². The van der Waals surface area contributed by atoms with Gasteiger partial charge in [0, 0.05) is 28.8 Å². The van der Waals surface area contributed by atoms with Gasteiger partial charge in [0.1, 0.15) is 0 Å². The van der Waals surface area contributed by atoms with Crippen LogP contribution >= 0.6 is 23.8 Å². The predicted octanol–water partition coefficient (Wildman–Crippen LogP) is 3.62. The molecule has 0 radical (unpaired) electrons. The Morgan fingerprint density at radius 2 is 2.22 bits per heavy atom. The van der Waals surface area contributed by atoms with Crippen molar-refractivity contribution >= 4 is 40.8 Å². The largest absolute Gasteiger partial charge is 0.358 e. The number of non-ortho nitro benzene ring substituents is 1. The Hall–Kier alpha value is -1.73. The summed E-state index contributed by atoms with van der Waals surface area (Å²) in [6, 6.07) is 4.55. The Morgan fingerprint density at radius 3 is 2.91 bits per heavy atom. The summed E-state index contributed by atoms with van der Waals surface area (Å²) in [6.45, 7) is 2.21. The third-order valence-corrected chi connectivity index (χ3v) is 4.54. The smallest absolute Gasteiger partial charge is 0.270 e. The Balaban J connectivity index is 1.92. The van der Waals surface area contributed by atoms with E-state index in [0.717, 1.165) is 6.42 Å². The molecule has 6 nitrogen and oxygen atoms in total. The molecule has 1 aliphatic rings. The standard InChI is InChI=1S/C15H19ClN4O2S/c1-10-4-2-3-5-14(10)18-15(23)19-17-9-11-8-12(20(21)22)6-7-13(11)16/h6-10,14H,2-5H2,1H3,(H2,18,19,23)/b17-9-/t10-,14-/m0/s1. The predicted molar refractivity (Wildman–Crippen MR) is 96.0 cm³/mol. The van der Waals surface area contributed by atoms with Crippen LogP contribution in [0.15, 0.2) is 23.3 Å². The zero-order valence-corrected chi connectivity index (χ0v) is 14.4. The van der Waals surface area contributed by atoms with E-state index in [1.807, 2.05) is 0 Å². The van der Waals surface area contributed by atoms with E-state index in [-0.39, 0.29) is 5.69 Å². The zero-order chi connectivity index (χ0) is 16.8. The molecule has 0 aliphatic heterocycles. The Morgan fingerprint density at radius 1 is 1.48 bits per heavy atom. The topological polar surface area (TPSA) is 79.6 Å². The van der Waals surface area contributed by atoms with Gasteiger partial charge in [0.05, 0.1) is 11.1 Å². The lowest BCUT2D eigenvalue weighted by Gasteiger charge is -2.30. The molecule has 2 N–H and O–H groups in total. The fourth-order valence-electron chi connectivity index (χ4n) is 2.64. The number of hydrogen-bond acceptors (Lipinski definition) is 4. The van der Waals surface area contributed by atoms with Gasteiger partial charge in [-0.2, -0.15) is 5.10 Å². The molecule has 1 saturated carbocycles. The second-order valence-corrected chi connectivity index (χ2v) is 6.49. The molecule has 0 bridgehead atoms. The number of rotatable bonds is 4. The van der Waals surface area contributed by atoms with Crippen molar-refractivity contribution in [2.75, 3.05) is 0 Å². The van der Waals surface area contributed by atoms with Gasteiger partial charge in [0.15, 0.2) is 5.11 Å². The molecule has 124 valence electrons. The monoisotopic (exact) mass is 354 g/mol. The maximum Gasteiger partial charge on any atom is 0.270 e. The molecule has 0 aromatic heterocycles. The van der Waals surface area contributed by atoms with E-state index in [2.05, 4.69) is 22.8 Å². The van der Waals surface area contributed by atoms with Gasteiger partial charge >= 0.3 is 0 Å². The van der Waals surface area contributed by atoms with Crippen molar-refractivity contribution in [3.8, 4) is 0 Å². The first-order valence-corrected chi connectivity index (χ1v) is 8.29. The Labute approximate surface area is 145 Å². The zero-order valence-electron chi connectivity index (χ0n) is 12.8. The Bertz CT molecular complexity index is 623. The number of nitrogens with one attached hydrogen (secondary N) is 2. The van der Waals surface area contributed by atoms with Crippen LogP contribution in [0.1, 0.15) is 38.2 Å². The van der Waals surface area contributed by atoms with E-state index in [4.69, 9.17) is 23.8 Å². The minimum atomic E-state index is -0.474. The molecule has 0 unspecified atom stereocenters. The van der Waals surface area contributed by atoms with Gasteiger partial charge in [-0.15, -0.1) is 0 Å². The van der Waals surface area contributed by atoms with Gasteiger partial charge in [0.2, 0.25) is 0 Å². The summed E-state index contributed by atoms with van der Waals surface area (Å²) in [7, 11) is 0. The maximum atomic E-state index is 10.8. The lowest BCUT2D eigenvalue weighted by Crippen LogP contribution is -2.44. The summed E-state index contributed by atoms with van der Waals surface area (Å²) in [5.74, 6) is 0.582. The van der Waals surface area contributed by atoms with Gasteiger partial charge in [-0.25, -0.2) is 0 Å². The number of thiocarbonyl (C=S) groups is 1. The molecule has 1 fully saturated rings. The highest BCUT2D eigenvalue weighted by molar-refractivity contribution is 7.80. The fourth-order valence-corrected chi connectivity index (χ4v) is 3.01. The molecule has 0 amide bonds. The van der Waals surface area contributed by atoms with Crippen LogP contribution in [-0.2, 0) is 0 Å². The number of halogens is 1. The molecule has 1 aromatic rings. The lowest BCUT2D eigenvalue weighted by molar-refractivity contribution is -0.384. The SMILES string of the molecule is C[C@H]1CCCC[C@@H]1NC(=S)N/N=C\c1cc([N+](=O)[O-])ccc1Cl. The van der Waals surface area contributed by atoms with Crippen LogP contribution in [0.25, 0.3) is 0 Å². The fraction of sp³-hybridized carbons (Fsp3) is 0.467. The summed E-state index contributed by atoms with van der Waals surface area (Å²) < 4.78 is 0. The third kappa shape index (κ3) is 5.14. The molecule has 0 saturated heterocycles. The van der Waals surface area contributed by atoms with Crippen LogP contribution in [0, 0.1) is 16.0 Å². The van der Waals surface area contributed by atoms with Gasteiger partial charge in [-0.3, -0.25) is 15.5 Å². The van der Waals surface area contributed by atoms with Gasteiger partial charge in [-0.1, -0.05) is 31.4 Å². The van der Waals surface area contributed by atoms with E-state index in [0.29, 0.717) is 27.7 Å². The van der Waals surface area contributed by atoms with Crippen molar-refractivity contribution in [3.05, 3.63) is 38.9 Å². The van der Waals surface area contributed by atoms with Gasteiger partial charge in [-0.05, 0) is 37.0 Å². The van der Waals surface area contributed by atoms with Crippen molar-refractivity contribution in [3.63, 3.8) is 0 Å². The van der Waals surface area contributed by atoms with Crippen molar-refractivity contribution in [1.82, 2.24) is 10.7 Å². The second-order valence-electron chi connectivity index (χ2n) is 5.67. The van der Waals surface area contributed by atoms with Crippen molar-refractivity contribution in [1.29, 1.82) is 0 Å². The van der Waals surface area contributed by atoms with Crippen molar-refractivity contribution in [2.24, 2.45) is 11.0 Å². The summed E-state index contributed by atoms with van der Waals surface area (Å²) in [6.07, 6.45) is 6.20. The highest BCUT2D eigenvalue weighted by atomic mass is 35.5. The highest BCUT2D eigenvalue weighted by Gasteiger charge is 2.21. The molecular weight excluding hydrogens is 336 g/mol. The van der Waals surface area contributed by atoms with Crippen molar-refractivity contribution < 1.29 is 4.92 Å². The first-order valence-electron chi connectivity index (χ1n) is 7.51. The summed E-state index contributed by atoms with van der Waals surface area (Å²) in [5.41, 5.74) is 3.16. The summed E-state index contributed by atoms with van der Waals surface area (Å²) >= 11 is 11.2. The first kappa shape index (κ1) is 17.6. The quantitative estimate of drug-likeness (QED) is 0.373. The van der Waals surface area contributed by atoms with E-state index in [1.165, 1.54) is 43.7 Å². The molecule has 2 rings (SSSR count). The molecular formula is C15H19ClN4O2S. The Kier molecular flexibility index (Phi) is 6.29. The number of nitro benzene ring substituents is 1. The van der Waals surface area contributed by atoms with Crippen LogP contribution in [0.4, 0.5) is 5.69 Å². The average molecular weight is 355 g/mol. The highest BCUT2D eigenvalue weighted by Crippen LogP contribution is 2.23. The second kappa shape index (κ2) is 8.21. The van der Waals surface area contributed by atoms with Crippen LogP contribution in [0.2, 0.25) is 5.02 Å². The summed E-state index contributed by atoms with van der Waals surface area (Å²) in [5, 5.41) is 18.9. The van der Waals surface area contributed by atoms with Crippen LogP contribution in [-0.4, -0.2) is 22.3 Å². The van der Waals surface area contributed by atoms with Gasteiger partial charge in [0.25, 0.3) is 5.69 Å². The molecule has 0 heterocycles. The van der Waals surface area contributed by atoms with E-state index < -0.39 is 4.92 Å². The van der Waals surface area contributed by atoms with E-state index in [1.54, 1.807) is 0 Å². The number of nitro groups is 1. The number of hydrazone groups is 1. The molecule has 1 aliphatic carbocycles. The molecule has 1 aromatic carbocycles. The van der Waals surface area contributed by atoms with Crippen LogP contribution in [0.5, 0.6) is 0 Å². The number of nitrogens with zero attached hydrogens (tertiary/aromatic N) is 2. The van der Waals surface area contributed by atoms with Crippen molar-refractivity contribution in [2.45, 2.75) is 38.6 Å². The van der Waals surface area contributed by atoms with Crippen LogP contribution in [0.3, 0.4) is 0 Å². The normalized spacial score (nSPS) is 21.1. The first-order chi connectivity index (χ1) is 11.0. The molecule has 2 atom stereocenters. The molecule has 23 heavy (non-hydrogen) atoms. The number of hydrogen-bond donors (Lipinski definition) is 2. The number of benzene rings is 1. The van der Waals surface area contributed by atoms with Gasteiger partial charge < -0.3 is 5.32 Å². The minimum Gasteiger partial charge on any atom is -0.358 e. The summed E-state index contributed by atoms with van der Waals surface area (Å²) in [4.78, 5) is 10.3. The average Bonchev–Trinajstić information content (AvgIpc) is 2.51. The third-order valence-electron chi connectivity index (χ3n) is 3.99. The van der Waals surface area contributed by atoms with E-state index in [9.17, 15) is 10.1 Å².